The van der Waals surface area contributed by atoms with Crippen LogP contribution in [0.5, 0.6) is 0 Å². The molecule has 1 aliphatic rings. The molecule has 0 saturated carbocycles. The van der Waals surface area contributed by atoms with Crippen LogP contribution >= 0.6 is 11.6 Å². The Hall–Kier alpha value is -1.32. The standard InChI is InChI=1S/C16H19ClN2O/c1-11-7-16(19-6-2-3-12(9-19)10-20)18-15-5-4-13(17)8-14(11)15/h4-5,7-8,12,20H,2-3,6,9-10H2,1H3/t12-/m1/s1. The van der Waals surface area contributed by atoms with Crippen LogP contribution in [-0.2, 0) is 0 Å². The van der Waals surface area contributed by atoms with Crippen LogP contribution in [0.2, 0.25) is 5.02 Å². The number of hydrogen-bond acceptors (Lipinski definition) is 3. The van der Waals surface area contributed by atoms with E-state index in [-0.39, 0.29) is 6.61 Å². The van der Waals surface area contributed by atoms with Gasteiger partial charge in [0.05, 0.1) is 5.52 Å². The zero-order chi connectivity index (χ0) is 14.1. The first-order valence-corrected chi connectivity index (χ1v) is 7.48. The second kappa shape index (κ2) is 5.58. The molecule has 1 N–H and O–H groups in total. The number of aliphatic hydroxyl groups excluding tert-OH is 1. The summed E-state index contributed by atoms with van der Waals surface area (Å²) in [6.45, 7) is 4.26. The third-order valence-electron chi connectivity index (χ3n) is 4.07. The molecule has 4 heteroatoms. The summed E-state index contributed by atoms with van der Waals surface area (Å²) in [5.74, 6) is 1.38. The highest BCUT2D eigenvalue weighted by Crippen LogP contribution is 2.27. The van der Waals surface area contributed by atoms with Crippen LogP contribution in [-0.4, -0.2) is 29.8 Å². The average molecular weight is 291 g/mol. The van der Waals surface area contributed by atoms with E-state index >= 15 is 0 Å². The van der Waals surface area contributed by atoms with Gasteiger partial charge in [0.15, 0.2) is 0 Å². The van der Waals surface area contributed by atoms with Crippen LogP contribution in [0.25, 0.3) is 10.9 Å². The minimum absolute atomic E-state index is 0.263. The van der Waals surface area contributed by atoms with Gasteiger partial charge in [0.25, 0.3) is 0 Å². The van der Waals surface area contributed by atoms with Crippen molar-refractivity contribution >= 4 is 28.3 Å². The van der Waals surface area contributed by atoms with E-state index in [0.29, 0.717) is 5.92 Å². The maximum atomic E-state index is 9.35. The van der Waals surface area contributed by atoms with Crippen molar-refractivity contribution < 1.29 is 5.11 Å². The molecular weight excluding hydrogens is 272 g/mol. The normalized spacial score (nSPS) is 19.6. The first-order valence-electron chi connectivity index (χ1n) is 7.10. The zero-order valence-electron chi connectivity index (χ0n) is 11.6. The van der Waals surface area contributed by atoms with E-state index in [4.69, 9.17) is 16.6 Å². The Morgan fingerprint density at radius 3 is 3.05 bits per heavy atom. The number of aliphatic hydroxyl groups is 1. The Morgan fingerprint density at radius 1 is 1.40 bits per heavy atom. The summed E-state index contributed by atoms with van der Waals surface area (Å²) in [5.41, 5.74) is 2.18. The number of aryl methyl sites for hydroxylation is 1. The molecule has 3 nitrogen and oxygen atoms in total. The molecule has 20 heavy (non-hydrogen) atoms. The fourth-order valence-electron chi connectivity index (χ4n) is 2.93. The van der Waals surface area contributed by atoms with Gasteiger partial charge in [0.1, 0.15) is 5.82 Å². The van der Waals surface area contributed by atoms with Gasteiger partial charge in [-0.3, -0.25) is 0 Å². The van der Waals surface area contributed by atoms with Gasteiger partial charge < -0.3 is 10.0 Å². The number of nitrogens with zero attached hydrogens (tertiary/aromatic N) is 2. The molecule has 2 heterocycles. The van der Waals surface area contributed by atoms with Crippen LogP contribution in [0.4, 0.5) is 5.82 Å². The van der Waals surface area contributed by atoms with Crippen molar-refractivity contribution in [3.8, 4) is 0 Å². The van der Waals surface area contributed by atoms with Gasteiger partial charge >= 0.3 is 0 Å². The summed E-state index contributed by atoms with van der Waals surface area (Å²) in [4.78, 5) is 7.04. The largest absolute Gasteiger partial charge is 0.396 e. The van der Waals surface area contributed by atoms with Crippen molar-refractivity contribution in [2.75, 3.05) is 24.6 Å². The Balaban J connectivity index is 1.98. The molecule has 1 saturated heterocycles. The predicted molar refractivity (Wildman–Crippen MR) is 83.5 cm³/mol. The molecule has 1 aromatic carbocycles. The molecule has 1 aromatic heterocycles. The molecule has 0 spiro atoms. The van der Waals surface area contributed by atoms with Crippen molar-refractivity contribution in [3.05, 3.63) is 34.9 Å². The lowest BCUT2D eigenvalue weighted by molar-refractivity contribution is 0.208. The summed E-state index contributed by atoms with van der Waals surface area (Å²) in [5, 5.41) is 11.2. The summed E-state index contributed by atoms with van der Waals surface area (Å²) in [6, 6.07) is 7.95. The number of pyridine rings is 1. The van der Waals surface area contributed by atoms with Gasteiger partial charge in [-0.1, -0.05) is 11.6 Å². The molecule has 0 aliphatic carbocycles. The van der Waals surface area contributed by atoms with Crippen molar-refractivity contribution in [1.82, 2.24) is 4.98 Å². The molecule has 2 aromatic rings. The zero-order valence-corrected chi connectivity index (χ0v) is 12.4. The highest BCUT2D eigenvalue weighted by molar-refractivity contribution is 6.31. The Bertz CT molecular complexity index is 629. The van der Waals surface area contributed by atoms with E-state index in [2.05, 4.69) is 17.9 Å². The second-order valence-electron chi connectivity index (χ2n) is 5.60. The SMILES string of the molecule is Cc1cc(N2CCC[C@@H](CO)C2)nc2ccc(Cl)cc12. The van der Waals surface area contributed by atoms with Gasteiger partial charge in [-0.25, -0.2) is 4.98 Å². The monoisotopic (exact) mass is 290 g/mol. The highest BCUT2D eigenvalue weighted by atomic mass is 35.5. The molecule has 3 rings (SSSR count). The summed E-state index contributed by atoms with van der Waals surface area (Å²) in [6.07, 6.45) is 2.22. The van der Waals surface area contributed by atoms with E-state index in [0.717, 1.165) is 47.7 Å². The second-order valence-corrected chi connectivity index (χ2v) is 6.03. The number of fused-ring (bicyclic) bond motifs is 1. The predicted octanol–water partition coefficient (Wildman–Crippen LogP) is 3.41. The fraction of sp³-hybridized carbons (Fsp3) is 0.438. The van der Waals surface area contributed by atoms with Gasteiger partial charge in [-0.05, 0) is 55.5 Å². The van der Waals surface area contributed by atoms with Gasteiger partial charge in [0.2, 0.25) is 0 Å². The molecule has 0 unspecified atom stereocenters. The molecule has 1 atom stereocenters. The van der Waals surface area contributed by atoms with Crippen LogP contribution in [0.15, 0.2) is 24.3 Å². The molecule has 106 valence electrons. The minimum Gasteiger partial charge on any atom is -0.396 e. The van der Waals surface area contributed by atoms with Crippen LogP contribution in [0.3, 0.4) is 0 Å². The van der Waals surface area contributed by atoms with Crippen molar-refractivity contribution in [2.45, 2.75) is 19.8 Å². The Kier molecular flexibility index (Phi) is 3.81. The number of halogens is 1. The highest BCUT2D eigenvalue weighted by Gasteiger charge is 2.20. The van der Waals surface area contributed by atoms with E-state index < -0.39 is 0 Å². The molecule has 0 bridgehead atoms. The van der Waals surface area contributed by atoms with Crippen molar-refractivity contribution in [1.29, 1.82) is 0 Å². The quantitative estimate of drug-likeness (QED) is 0.921. The van der Waals surface area contributed by atoms with Crippen LogP contribution in [0.1, 0.15) is 18.4 Å². The molecule has 1 aliphatic heterocycles. The minimum atomic E-state index is 0.263. The molecule has 0 amide bonds. The smallest absolute Gasteiger partial charge is 0.129 e. The number of hydrogen-bond donors (Lipinski definition) is 1. The lowest BCUT2D eigenvalue weighted by atomic mass is 9.99. The number of piperidine rings is 1. The van der Waals surface area contributed by atoms with Gasteiger partial charge in [0, 0.05) is 30.1 Å². The lowest BCUT2D eigenvalue weighted by Gasteiger charge is -2.33. The third-order valence-corrected chi connectivity index (χ3v) is 4.30. The van der Waals surface area contributed by atoms with Crippen molar-refractivity contribution in [2.24, 2.45) is 5.92 Å². The molecule has 1 fully saturated rings. The topological polar surface area (TPSA) is 36.4 Å². The first kappa shape index (κ1) is 13.7. The average Bonchev–Trinajstić information content (AvgIpc) is 2.48. The number of aromatic nitrogens is 1. The van der Waals surface area contributed by atoms with E-state index in [1.54, 1.807) is 0 Å². The summed E-state index contributed by atoms with van der Waals surface area (Å²) in [7, 11) is 0. The van der Waals surface area contributed by atoms with E-state index in [1.165, 1.54) is 5.56 Å². The molecule has 0 radical (unpaired) electrons. The van der Waals surface area contributed by atoms with E-state index in [9.17, 15) is 5.11 Å². The Morgan fingerprint density at radius 2 is 2.25 bits per heavy atom. The van der Waals surface area contributed by atoms with Gasteiger partial charge in [-0.15, -0.1) is 0 Å². The maximum Gasteiger partial charge on any atom is 0.129 e. The lowest BCUT2D eigenvalue weighted by Crippen LogP contribution is -2.37. The van der Waals surface area contributed by atoms with Gasteiger partial charge in [-0.2, -0.15) is 0 Å². The Labute approximate surface area is 124 Å². The number of rotatable bonds is 2. The maximum absolute atomic E-state index is 9.35. The number of anilines is 1. The summed E-state index contributed by atoms with van der Waals surface area (Å²) < 4.78 is 0. The first-order chi connectivity index (χ1) is 9.67. The summed E-state index contributed by atoms with van der Waals surface area (Å²) >= 11 is 6.05. The van der Waals surface area contributed by atoms with Crippen molar-refractivity contribution in [3.63, 3.8) is 0 Å². The fourth-order valence-corrected chi connectivity index (χ4v) is 3.10. The van der Waals surface area contributed by atoms with E-state index in [1.807, 2.05) is 18.2 Å². The number of benzene rings is 1. The van der Waals surface area contributed by atoms with Crippen LogP contribution in [0, 0.1) is 12.8 Å². The third kappa shape index (κ3) is 2.60. The van der Waals surface area contributed by atoms with Crippen LogP contribution < -0.4 is 4.90 Å². The molecular formula is C16H19ClN2O.